The highest BCUT2D eigenvalue weighted by molar-refractivity contribution is 8.00. The van der Waals surface area contributed by atoms with Gasteiger partial charge in [0.1, 0.15) is 0 Å². The molecule has 0 saturated carbocycles. The number of carbonyl (C=O) groups is 3. The third-order valence-electron chi connectivity index (χ3n) is 1.57. The van der Waals surface area contributed by atoms with E-state index in [1.165, 1.54) is 11.8 Å². The minimum absolute atomic E-state index is 0.104. The largest absolute Gasteiger partial charge is 0.331 e. The maximum atomic E-state index is 11.3. The molecule has 0 aromatic rings. The SMILES string of the molecule is CSC1CC(=O)N(OC(C)=O)C1=O. The molecule has 1 heterocycles. The molecule has 2 amide bonds. The Hall–Kier alpha value is -1.04. The lowest BCUT2D eigenvalue weighted by atomic mass is 10.4. The molecule has 72 valence electrons. The third kappa shape index (κ3) is 2.00. The van der Waals surface area contributed by atoms with Crippen molar-refractivity contribution in [1.29, 1.82) is 0 Å². The summed E-state index contributed by atoms with van der Waals surface area (Å²) in [6, 6.07) is 0. The van der Waals surface area contributed by atoms with Crippen LogP contribution in [0.4, 0.5) is 0 Å². The van der Waals surface area contributed by atoms with Crippen LogP contribution in [0, 0.1) is 0 Å². The molecule has 5 nitrogen and oxygen atoms in total. The van der Waals surface area contributed by atoms with Crippen molar-refractivity contribution in [1.82, 2.24) is 5.06 Å². The third-order valence-corrected chi connectivity index (χ3v) is 2.50. The lowest BCUT2D eigenvalue weighted by molar-refractivity contribution is -0.195. The fourth-order valence-corrected chi connectivity index (χ4v) is 1.60. The molecule has 0 bridgehead atoms. The molecule has 1 rings (SSSR count). The average molecular weight is 203 g/mol. The molecule has 1 aliphatic heterocycles. The molecule has 1 aliphatic rings. The number of hydrogen-bond donors (Lipinski definition) is 0. The standard InChI is InChI=1S/C7H9NO4S/c1-4(9)12-8-6(10)3-5(13-2)7(8)11/h5H,3H2,1-2H3. The molecular weight excluding hydrogens is 194 g/mol. The Morgan fingerprint density at radius 1 is 1.62 bits per heavy atom. The maximum Gasteiger partial charge on any atom is 0.330 e. The van der Waals surface area contributed by atoms with Gasteiger partial charge in [0.05, 0.1) is 11.7 Å². The van der Waals surface area contributed by atoms with E-state index < -0.39 is 23.0 Å². The van der Waals surface area contributed by atoms with E-state index in [-0.39, 0.29) is 6.42 Å². The summed E-state index contributed by atoms with van der Waals surface area (Å²) in [6.07, 6.45) is 1.83. The number of hydroxylamine groups is 2. The maximum absolute atomic E-state index is 11.3. The normalized spacial score (nSPS) is 22.3. The van der Waals surface area contributed by atoms with Gasteiger partial charge in [-0.05, 0) is 6.26 Å². The summed E-state index contributed by atoms with van der Waals surface area (Å²) in [7, 11) is 0. The Morgan fingerprint density at radius 2 is 2.23 bits per heavy atom. The second-order valence-electron chi connectivity index (χ2n) is 2.54. The highest BCUT2D eigenvalue weighted by Gasteiger charge is 2.40. The topological polar surface area (TPSA) is 63.7 Å². The van der Waals surface area contributed by atoms with Gasteiger partial charge in [-0.2, -0.15) is 11.8 Å². The van der Waals surface area contributed by atoms with Gasteiger partial charge in [-0.15, -0.1) is 5.06 Å². The summed E-state index contributed by atoms with van der Waals surface area (Å²) < 4.78 is 0. The van der Waals surface area contributed by atoms with Crippen LogP contribution in [0.15, 0.2) is 0 Å². The number of nitrogens with zero attached hydrogens (tertiary/aromatic N) is 1. The second kappa shape index (κ2) is 3.78. The molecule has 0 N–H and O–H groups in total. The van der Waals surface area contributed by atoms with Crippen LogP contribution in [-0.2, 0) is 19.2 Å². The molecule has 13 heavy (non-hydrogen) atoms. The zero-order chi connectivity index (χ0) is 10.0. The Labute approximate surface area is 79.4 Å². The average Bonchev–Trinajstić information content (AvgIpc) is 2.31. The minimum atomic E-state index is -0.663. The highest BCUT2D eigenvalue weighted by Crippen LogP contribution is 2.23. The van der Waals surface area contributed by atoms with Crippen molar-refractivity contribution in [2.24, 2.45) is 0 Å². The molecule has 0 aromatic heterocycles. The Kier molecular flexibility index (Phi) is 2.92. The summed E-state index contributed by atoms with van der Waals surface area (Å²) in [5.74, 6) is -1.57. The van der Waals surface area contributed by atoms with Crippen molar-refractivity contribution in [3.05, 3.63) is 0 Å². The van der Waals surface area contributed by atoms with Gasteiger partial charge >= 0.3 is 5.97 Å². The highest BCUT2D eigenvalue weighted by atomic mass is 32.2. The number of carbonyl (C=O) groups excluding carboxylic acids is 3. The monoisotopic (exact) mass is 203 g/mol. The predicted molar refractivity (Wildman–Crippen MR) is 45.5 cm³/mol. The number of imide groups is 1. The van der Waals surface area contributed by atoms with Gasteiger partial charge < -0.3 is 4.84 Å². The first-order valence-electron chi connectivity index (χ1n) is 3.64. The van der Waals surface area contributed by atoms with Gasteiger partial charge in [0.25, 0.3) is 11.8 Å². The number of amides is 2. The van der Waals surface area contributed by atoms with E-state index in [9.17, 15) is 14.4 Å². The van der Waals surface area contributed by atoms with E-state index in [1.54, 1.807) is 6.26 Å². The number of rotatable bonds is 2. The molecule has 0 spiro atoms. The van der Waals surface area contributed by atoms with E-state index in [0.29, 0.717) is 5.06 Å². The van der Waals surface area contributed by atoms with Gasteiger partial charge in [-0.25, -0.2) is 4.79 Å². The van der Waals surface area contributed by atoms with Gasteiger partial charge in [-0.3, -0.25) is 9.59 Å². The number of thioether (sulfide) groups is 1. The minimum Gasteiger partial charge on any atom is -0.331 e. The van der Waals surface area contributed by atoms with Gasteiger partial charge in [0, 0.05) is 6.92 Å². The van der Waals surface area contributed by atoms with Gasteiger partial charge in [0.2, 0.25) is 0 Å². The van der Waals surface area contributed by atoms with Crippen LogP contribution in [0.5, 0.6) is 0 Å². The zero-order valence-corrected chi connectivity index (χ0v) is 8.09. The van der Waals surface area contributed by atoms with Crippen molar-refractivity contribution in [3.63, 3.8) is 0 Å². The summed E-state index contributed by atoms with van der Waals surface area (Å²) in [5.41, 5.74) is 0. The Morgan fingerprint density at radius 3 is 2.62 bits per heavy atom. The zero-order valence-electron chi connectivity index (χ0n) is 7.27. The Balaban J connectivity index is 2.70. The van der Waals surface area contributed by atoms with Crippen LogP contribution in [0.25, 0.3) is 0 Å². The molecule has 1 atom stereocenters. The first-order chi connectivity index (χ1) is 6.06. The van der Waals surface area contributed by atoms with Crippen LogP contribution in [-0.4, -0.2) is 34.4 Å². The first-order valence-corrected chi connectivity index (χ1v) is 4.93. The van der Waals surface area contributed by atoms with Crippen LogP contribution < -0.4 is 0 Å². The summed E-state index contributed by atoms with van der Waals surface area (Å²) >= 11 is 1.27. The van der Waals surface area contributed by atoms with E-state index in [4.69, 9.17) is 0 Å². The lowest BCUT2D eigenvalue weighted by Crippen LogP contribution is -2.33. The lowest BCUT2D eigenvalue weighted by Gasteiger charge is -2.11. The van der Waals surface area contributed by atoms with Crippen molar-refractivity contribution in [2.45, 2.75) is 18.6 Å². The van der Waals surface area contributed by atoms with E-state index >= 15 is 0 Å². The summed E-state index contributed by atoms with van der Waals surface area (Å²) in [4.78, 5) is 37.4. The van der Waals surface area contributed by atoms with Crippen molar-refractivity contribution < 1.29 is 19.2 Å². The molecule has 0 radical (unpaired) electrons. The molecule has 0 aromatic carbocycles. The van der Waals surface area contributed by atoms with Gasteiger partial charge in [0.15, 0.2) is 0 Å². The number of hydrogen-bond acceptors (Lipinski definition) is 5. The van der Waals surface area contributed by atoms with Crippen LogP contribution in [0.2, 0.25) is 0 Å². The summed E-state index contributed by atoms with van der Waals surface area (Å²) in [5, 5.41) is 0.135. The fraction of sp³-hybridized carbons (Fsp3) is 0.571. The van der Waals surface area contributed by atoms with E-state index in [1.807, 2.05) is 0 Å². The van der Waals surface area contributed by atoms with Crippen molar-refractivity contribution in [2.75, 3.05) is 6.26 Å². The van der Waals surface area contributed by atoms with Crippen LogP contribution in [0.3, 0.4) is 0 Å². The Bertz CT molecular complexity index is 265. The molecule has 1 saturated heterocycles. The van der Waals surface area contributed by atoms with E-state index in [2.05, 4.69) is 4.84 Å². The van der Waals surface area contributed by atoms with Crippen molar-refractivity contribution >= 4 is 29.5 Å². The molecule has 1 unspecified atom stereocenters. The summed E-state index contributed by atoms with van der Waals surface area (Å²) in [6.45, 7) is 1.15. The van der Waals surface area contributed by atoms with Crippen molar-refractivity contribution in [3.8, 4) is 0 Å². The van der Waals surface area contributed by atoms with Crippen LogP contribution >= 0.6 is 11.8 Å². The van der Waals surface area contributed by atoms with E-state index in [0.717, 1.165) is 6.92 Å². The molecular formula is C7H9NO4S. The predicted octanol–water partition coefficient (Wildman–Crippen LogP) is -0.0450. The molecule has 0 aliphatic carbocycles. The van der Waals surface area contributed by atoms with Crippen LogP contribution in [0.1, 0.15) is 13.3 Å². The fourth-order valence-electron chi connectivity index (χ4n) is 0.991. The first kappa shape index (κ1) is 10.0. The molecule has 6 heteroatoms. The van der Waals surface area contributed by atoms with Gasteiger partial charge in [-0.1, -0.05) is 0 Å². The quantitative estimate of drug-likeness (QED) is 0.589. The molecule has 1 fully saturated rings. The second-order valence-corrected chi connectivity index (χ2v) is 3.58. The smallest absolute Gasteiger partial charge is 0.330 e.